The van der Waals surface area contributed by atoms with Gasteiger partial charge in [0.2, 0.25) is 0 Å². The average Bonchev–Trinajstić information content (AvgIpc) is 2.84. The van der Waals surface area contributed by atoms with E-state index in [-0.39, 0.29) is 5.82 Å². The molecule has 0 amide bonds. The van der Waals surface area contributed by atoms with Gasteiger partial charge in [0.15, 0.2) is 0 Å². The molecule has 3 saturated heterocycles. The maximum atomic E-state index is 13.6. The number of nitrogens with one attached hydrogen (secondary N) is 1. The molecule has 6 rings (SSSR count). The van der Waals surface area contributed by atoms with Gasteiger partial charge in [0.25, 0.3) is 0 Å². The lowest BCUT2D eigenvalue weighted by molar-refractivity contribution is 0.121. The van der Waals surface area contributed by atoms with Crippen molar-refractivity contribution < 1.29 is 4.39 Å². The highest BCUT2D eigenvalue weighted by Gasteiger charge is 2.35. The number of hydrogen-bond donors (Lipinski definition) is 1. The Bertz CT molecular complexity index is 967. The molecule has 3 aliphatic rings. The summed E-state index contributed by atoms with van der Waals surface area (Å²) in [5.41, 5.74) is 4.60. The van der Waals surface area contributed by atoms with Crippen LogP contribution in [0.1, 0.15) is 29.8 Å². The monoisotopic (exact) mass is 378 g/mol. The Morgan fingerprint density at radius 1 is 1.11 bits per heavy atom. The number of benzene rings is 1. The van der Waals surface area contributed by atoms with Gasteiger partial charge in [-0.15, -0.1) is 0 Å². The second-order valence-electron chi connectivity index (χ2n) is 8.46. The summed E-state index contributed by atoms with van der Waals surface area (Å²) in [6.45, 7) is 7.36. The lowest BCUT2D eigenvalue weighted by Gasteiger charge is -2.36. The highest BCUT2D eigenvalue weighted by atomic mass is 19.1. The minimum Gasteiger partial charge on any atom is -0.357 e. The SMILES string of the molecule is Cc1c(CN2C[C@H]3CC[C@@H]2CN(Cc2ccccn2)C3)[nH]c2ccc(F)cc12. The van der Waals surface area contributed by atoms with Crippen LogP contribution in [0.3, 0.4) is 0 Å². The van der Waals surface area contributed by atoms with Crippen molar-refractivity contribution >= 4 is 10.9 Å². The Labute approximate surface area is 165 Å². The molecule has 3 aliphatic heterocycles. The molecule has 2 bridgehead atoms. The molecule has 5 heteroatoms. The molecule has 28 heavy (non-hydrogen) atoms. The van der Waals surface area contributed by atoms with Crippen molar-refractivity contribution in [3.8, 4) is 0 Å². The second-order valence-corrected chi connectivity index (χ2v) is 8.46. The second kappa shape index (κ2) is 7.30. The van der Waals surface area contributed by atoms with Gasteiger partial charge >= 0.3 is 0 Å². The summed E-state index contributed by atoms with van der Waals surface area (Å²) in [5, 5.41) is 1.01. The van der Waals surface area contributed by atoms with E-state index in [0.717, 1.165) is 49.3 Å². The quantitative estimate of drug-likeness (QED) is 0.742. The number of aryl methyl sites for hydroxylation is 1. The number of nitrogens with zero attached hydrogens (tertiary/aromatic N) is 3. The minimum absolute atomic E-state index is 0.167. The Morgan fingerprint density at radius 2 is 2.04 bits per heavy atom. The van der Waals surface area contributed by atoms with Crippen LogP contribution in [0.2, 0.25) is 0 Å². The van der Waals surface area contributed by atoms with Gasteiger partial charge in [-0.25, -0.2) is 4.39 Å². The molecular weight excluding hydrogens is 351 g/mol. The molecule has 0 unspecified atom stereocenters. The first-order valence-corrected chi connectivity index (χ1v) is 10.3. The zero-order valence-corrected chi connectivity index (χ0v) is 16.4. The van der Waals surface area contributed by atoms with Gasteiger partial charge in [-0.3, -0.25) is 14.8 Å². The first-order valence-electron chi connectivity index (χ1n) is 10.3. The molecule has 1 N–H and O–H groups in total. The number of hydrogen-bond acceptors (Lipinski definition) is 3. The van der Waals surface area contributed by atoms with Crippen LogP contribution in [0, 0.1) is 18.7 Å². The number of aromatic nitrogens is 2. The van der Waals surface area contributed by atoms with E-state index in [9.17, 15) is 4.39 Å². The van der Waals surface area contributed by atoms with Gasteiger partial charge in [-0.1, -0.05) is 6.07 Å². The number of aromatic amines is 1. The smallest absolute Gasteiger partial charge is 0.123 e. The maximum absolute atomic E-state index is 13.6. The zero-order valence-electron chi connectivity index (χ0n) is 16.4. The van der Waals surface area contributed by atoms with Crippen molar-refractivity contribution in [2.45, 2.75) is 38.9 Å². The predicted octanol–water partition coefficient (Wildman–Crippen LogP) is 4.11. The number of piperidine rings is 1. The van der Waals surface area contributed by atoms with E-state index in [1.165, 1.54) is 30.2 Å². The Balaban J connectivity index is 1.34. The molecule has 146 valence electrons. The molecule has 4 nitrogen and oxygen atoms in total. The molecule has 5 heterocycles. The topological polar surface area (TPSA) is 35.2 Å². The summed E-state index contributed by atoms with van der Waals surface area (Å²) >= 11 is 0. The standard InChI is InChI=1S/C23H27FN4/c1-16-21-10-18(24)6-8-22(21)26-23(16)15-28-12-17-5-7-20(28)14-27(11-17)13-19-4-2-3-9-25-19/h2-4,6,8-10,17,20,26H,5,7,11-15H2,1H3/t17-,20+/m0/s1. The molecular formula is C23H27FN4. The third kappa shape index (κ3) is 3.45. The van der Waals surface area contributed by atoms with Crippen LogP contribution in [0.4, 0.5) is 4.39 Å². The summed E-state index contributed by atoms with van der Waals surface area (Å²) in [4.78, 5) is 13.3. The first-order chi connectivity index (χ1) is 13.7. The van der Waals surface area contributed by atoms with Crippen molar-refractivity contribution in [2.24, 2.45) is 5.92 Å². The number of rotatable bonds is 4. The number of fused-ring (bicyclic) bond motifs is 5. The Morgan fingerprint density at radius 3 is 2.89 bits per heavy atom. The first kappa shape index (κ1) is 17.8. The fourth-order valence-corrected chi connectivity index (χ4v) is 5.04. The third-order valence-corrected chi connectivity index (χ3v) is 6.50. The van der Waals surface area contributed by atoms with E-state index < -0.39 is 0 Å². The molecule has 0 spiro atoms. The van der Waals surface area contributed by atoms with Gasteiger partial charge in [-0.2, -0.15) is 0 Å². The van der Waals surface area contributed by atoms with Gasteiger partial charge < -0.3 is 4.98 Å². The predicted molar refractivity (Wildman–Crippen MR) is 109 cm³/mol. The van der Waals surface area contributed by atoms with E-state index in [2.05, 4.69) is 38.8 Å². The van der Waals surface area contributed by atoms with Gasteiger partial charge in [0.05, 0.1) is 5.69 Å². The van der Waals surface area contributed by atoms with E-state index >= 15 is 0 Å². The van der Waals surface area contributed by atoms with Crippen LogP contribution >= 0.6 is 0 Å². The molecule has 1 aromatic carbocycles. The number of pyridine rings is 1. The largest absolute Gasteiger partial charge is 0.357 e. The average molecular weight is 378 g/mol. The molecule has 0 radical (unpaired) electrons. The summed E-state index contributed by atoms with van der Waals surface area (Å²) in [5.74, 6) is 0.546. The number of halogens is 1. The normalized spacial score (nSPS) is 23.4. The van der Waals surface area contributed by atoms with Crippen LogP contribution in [0.25, 0.3) is 10.9 Å². The fraction of sp³-hybridized carbons (Fsp3) is 0.435. The lowest BCUT2D eigenvalue weighted by atomic mass is 9.94. The highest BCUT2D eigenvalue weighted by molar-refractivity contribution is 5.84. The Kier molecular flexibility index (Phi) is 4.65. The molecule has 2 aromatic heterocycles. The number of H-pyrrole nitrogens is 1. The highest BCUT2D eigenvalue weighted by Crippen LogP contribution is 2.31. The fourth-order valence-electron chi connectivity index (χ4n) is 5.04. The van der Waals surface area contributed by atoms with Crippen LogP contribution in [-0.4, -0.2) is 45.4 Å². The van der Waals surface area contributed by atoms with Gasteiger partial charge in [0.1, 0.15) is 5.82 Å². The van der Waals surface area contributed by atoms with E-state index in [1.807, 2.05) is 18.3 Å². The van der Waals surface area contributed by atoms with Crippen LogP contribution in [0.15, 0.2) is 42.6 Å². The van der Waals surface area contributed by atoms with Crippen molar-refractivity contribution in [3.63, 3.8) is 0 Å². The maximum Gasteiger partial charge on any atom is 0.123 e. The Hall–Kier alpha value is -2.24. The summed E-state index contributed by atoms with van der Waals surface area (Å²) in [6.07, 6.45) is 4.46. The molecule has 2 atom stereocenters. The molecule has 0 aliphatic carbocycles. The van der Waals surface area contributed by atoms with Crippen LogP contribution < -0.4 is 0 Å². The third-order valence-electron chi connectivity index (χ3n) is 6.50. The summed E-state index contributed by atoms with van der Waals surface area (Å²) in [7, 11) is 0. The van der Waals surface area contributed by atoms with Crippen molar-refractivity contribution in [1.82, 2.24) is 19.8 Å². The van der Waals surface area contributed by atoms with E-state index in [1.54, 1.807) is 6.07 Å². The zero-order chi connectivity index (χ0) is 19.1. The summed E-state index contributed by atoms with van der Waals surface area (Å²) < 4.78 is 13.6. The van der Waals surface area contributed by atoms with E-state index in [0.29, 0.717) is 12.0 Å². The van der Waals surface area contributed by atoms with Gasteiger partial charge in [0, 0.05) is 61.6 Å². The van der Waals surface area contributed by atoms with Gasteiger partial charge in [-0.05, 0) is 61.6 Å². The lowest BCUT2D eigenvalue weighted by Crippen LogP contribution is -2.43. The van der Waals surface area contributed by atoms with Crippen LogP contribution in [0.5, 0.6) is 0 Å². The molecule has 0 saturated carbocycles. The van der Waals surface area contributed by atoms with Crippen LogP contribution in [-0.2, 0) is 13.1 Å². The molecule has 3 aromatic rings. The minimum atomic E-state index is -0.167. The van der Waals surface area contributed by atoms with Crippen molar-refractivity contribution in [3.05, 3.63) is 65.4 Å². The van der Waals surface area contributed by atoms with Crippen molar-refractivity contribution in [1.29, 1.82) is 0 Å². The summed E-state index contributed by atoms with van der Waals surface area (Å²) in [6, 6.07) is 11.8. The van der Waals surface area contributed by atoms with E-state index in [4.69, 9.17) is 0 Å². The van der Waals surface area contributed by atoms with Crippen molar-refractivity contribution in [2.75, 3.05) is 19.6 Å². The molecule has 3 fully saturated rings.